The van der Waals surface area contributed by atoms with E-state index < -0.39 is 0 Å². The third kappa shape index (κ3) is 2.47. The predicted molar refractivity (Wildman–Crippen MR) is 67.6 cm³/mol. The SMILES string of the molecule is N#C/C(=C\c1cccs1)c1ccc(O)c(O)c1. The number of phenols is 2. The van der Waals surface area contributed by atoms with E-state index in [2.05, 4.69) is 6.07 Å². The summed E-state index contributed by atoms with van der Waals surface area (Å²) < 4.78 is 0. The highest BCUT2D eigenvalue weighted by Crippen LogP contribution is 2.29. The molecule has 0 amide bonds. The summed E-state index contributed by atoms with van der Waals surface area (Å²) in [5.74, 6) is -0.419. The van der Waals surface area contributed by atoms with Crippen LogP contribution in [0.5, 0.6) is 11.5 Å². The summed E-state index contributed by atoms with van der Waals surface area (Å²) in [7, 11) is 0. The molecule has 0 spiro atoms. The fourth-order valence-electron chi connectivity index (χ4n) is 1.39. The number of hydrogen-bond donors (Lipinski definition) is 2. The van der Waals surface area contributed by atoms with Crippen molar-refractivity contribution in [3.05, 3.63) is 46.2 Å². The van der Waals surface area contributed by atoms with Gasteiger partial charge >= 0.3 is 0 Å². The van der Waals surface area contributed by atoms with Crippen LogP contribution in [-0.2, 0) is 0 Å². The number of phenolic OH excluding ortho intramolecular Hbond substituents is 2. The van der Waals surface area contributed by atoms with Crippen molar-refractivity contribution in [3.8, 4) is 17.6 Å². The fraction of sp³-hybridized carbons (Fsp3) is 0. The molecular weight excluding hydrogens is 234 g/mol. The van der Waals surface area contributed by atoms with Gasteiger partial charge in [0, 0.05) is 4.88 Å². The lowest BCUT2D eigenvalue weighted by atomic mass is 10.1. The van der Waals surface area contributed by atoms with Crippen LogP contribution in [-0.4, -0.2) is 10.2 Å². The Labute approximate surface area is 103 Å². The summed E-state index contributed by atoms with van der Waals surface area (Å²) in [6, 6.07) is 10.2. The zero-order valence-electron chi connectivity index (χ0n) is 8.79. The summed E-state index contributed by atoms with van der Waals surface area (Å²) in [4.78, 5) is 0.967. The van der Waals surface area contributed by atoms with E-state index in [1.54, 1.807) is 12.1 Å². The zero-order valence-corrected chi connectivity index (χ0v) is 9.61. The van der Waals surface area contributed by atoms with Gasteiger partial charge in [0.15, 0.2) is 11.5 Å². The Morgan fingerprint density at radius 2 is 2.06 bits per heavy atom. The lowest BCUT2D eigenvalue weighted by Crippen LogP contribution is -1.81. The molecule has 0 aliphatic heterocycles. The molecule has 0 unspecified atom stereocenters. The maximum atomic E-state index is 9.39. The van der Waals surface area contributed by atoms with Gasteiger partial charge in [0.05, 0.1) is 11.6 Å². The molecule has 0 fully saturated rings. The van der Waals surface area contributed by atoms with E-state index in [-0.39, 0.29) is 11.5 Å². The second-order valence-electron chi connectivity index (χ2n) is 3.39. The second-order valence-corrected chi connectivity index (χ2v) is 4.37. The van der Waals surface area contributed by atoms with Gasteiger partial charge in [-0.2, -0.15) is 5.26 Å². The number of aromatic hydroxyl groups is 2. The largest absolute Gasteiger partial charge is 0.504 e. The smallest absolute Gasteiger partial charge is 0.158 e. The molecule has 17 heavy (non-hydrogen) atoms. The molecule has 0 atom stereocenters. The predicted octanol–water partition coefficient (Wildman–Crippen LogP) is 3.22. The minimum absolute atomic E-state index is 0.192. The van der Waals surface area contributed by atoms with E-state index in [9.17, 15) is 10.2 Å². The van der Waals surface area contributed by atoms with Crippen LogP contribution in [0.15, 0.2) is 35.7 Å². The van der Waals surface area contributed by atoms with Gasteiger partial charge in [-0.05, 0) is 41.3 Å². The molecule has 0 aliphatic carbocycles. The average molecular weight is 243 g/mol. The first-order chi connectivity index (χ1) is 8.20. The molecule has 84 valence electrons. The van der Waals surface area contributed by atoms with E-state index >= 15 is 0 Å². The lowest BCUT2D eigenvalue weighted by Gasteiger charge is -2.01. The Kier molecular flexibility index (Phi) is 3.12. The Balaban J connectivity index is 2.43. The first-order valence-corrected chi connectivity index (χ1v) is 5.76. The van der Waals surface area contributed by atoms with Crippen LogP contribution in [0.1, 0.15) is 10.4 Å². The molecule has 1 aromatic carbocycles. The van der Waals surface area contributed by atoms with Crippen molar-refractivity contribution in [3.63, 3.8) is 0 Å². The summed E-state index contributed by atoms with van der Waals surface area (Å²) in [6.07, 6.45) is 1.75. The van der Waals surface area contributed by atoms with Crippen LogP contribution < -0.4 is 0 Å². The minimum Gasteiger partial charge on any atom is -0.504 e. The molecule has 0 aliphatic rings. The standard InChI is InChI=1S/C13H9NO2S/c14-8-10(6-11-2-1-5-17-11)9-3-4-12(15)13(16)7-9/h1-7,15-16H/b10-6+. The highest BCUT2D eigenvalue weighted by Gasteiger charge is 2.05. The monoisotopic (exact) mass is 243 g/mol. The number of hydrogen-bond acceptors (Lipinski definition) is 4. The molecule has 1 aromatic heterocycles. The van der Waals surface area contributed by atoms with Gasteiger partial charge < -0.3 is 10.2 Å². The fourth-order valence-corrected chi connectivity index (χ4v) is 2.04. The van der Waals surface area contributed by atoms with Gasteiger partial charge in [-0.3, -0.25) is 0 Å². The summed E-state index contributed by atoms with van der Waals surface area (Å²) >= 11 is 1.53. The minimum atomic E-state index is -0.227. The number of nitriles is 1. The highest BCUT2D eigenvalue weighted by molar-refractivity contribution is 7.10. The number of allylic oxidation sites excluding steroid dienone is 1. The molecule has 0 bridgehead atoms. The Bertz CT molecular complexity index is 594. The van der Waals surface area contributed by atoms with E-state index in [0.717, 1.165) is 4.88 Å². The van der Waals surface area contributed by atoms with Crippen molar-refractivity contribution in [2.75, 3.05) is 0 Å². The van der Waals surface area contributed by atoms with Crippen molar-refractivity contribution < 1.29 is 10.2 Å². The lowest BCUT2D eigenvalue weighted by molar-refractivity contribution is 0.403. The van der Waals surface area contributed by atoms with Gasteiger partial charge in [0.1, 0.15) is 0 Å². The van der Waals surface area contributed by atoms with Crippen LogP contribution in [0.3, 0.4) is 0 Å². The van der Waals surface area contributed by atoms with E-state index in [1.807, 2.05) is 17.5 Å². The number of rotatable bonds is 2. The Morgan fingerprint density at radius 1 is 1.24 bits per heavy atom. The first kappa shape index (κ1) is 11.2. The summed E-state index contributed by atoms with van der Waals surface area (Å²) in [5.41, 5.74) is 1.03. The normalized spacial score (nSPS) is 11.1. The summed E-state index contributed by atoms with van der Waals surface area (Å²) in [5, 5.41) is 29.6. The third-order valence-corrected chi connectivity index (χ3v) is 3.06. The molecule has 2 N–H and O–H groups in total. The Morgan fingerprint density at radius 3 is 2.65 bits per heavy atom. The van der Waals surface area contributed by atoms with Crippen LogP contribution >= 0.6 is 11.3 Å². The van der Waals surface area contributed by atoms with Crippen LogP contribution in [0, 0.1) is 11.3 Å². The molecule has 3 nitrogen and oxygen atoms in total. The van der Waals surface area contributed by atoms with Crippen molar-refractivity contribution in [2.24, 2.45) is 0 Å². The topological polar surface area (TPSA) is 64.2 Å². The van der Waals surface area contributed by atoms with Gasteiger partial charge in [-0.15, -0.1) is 11.3 Å². The number of nitrogens with zero attached hydrogens (tertiary/aromatic N) is 1. The van der Waals surface area contributed by atoms with Crippen LogP contribution in [0.2, 0.25) is 0 Å². The molecule has 2 aromatic rings. The zero-order chi connectivity index (χ0) is 12.3. The molecule has 1 heterocycles. The van der Waals surface area contributed by atoms with Crippen molar-refractivity contribution in [1.82, 2.24) is 0 Å². The van der Waals surface area contributed by atoms with Gasteiger partial charge in [0.25, 0.3) is 0 Å². The van der Waals surface area contributed by atoms with Crippen molar-refractivity contribution in [2.45, 2.75) is 0 Å². The average Bonchev–Trinajstić information content (AvgIpc) is 2.82. The molecule has 0 saturated carbocycles. The molecule has 0 radical (unpaired) electrons. The van der Waals surface area contributed by atoms with Crippen LogP contribution in [0.25, 0.3) is 11.6 Å². The number of benzene rings is 1. The molecule has 0 saturated heterocycles. The summed E-state index contributed by atoms with van der Waals surface area (Å²) in [6.45, 7) is 0. The molecule has 4 heteroatoms. The van der Waals surface area contributed by atoms with Crippen molar-refractivity contribution >= 4 is 23.0 Å². The van der Waals surface area contributed by atoms with E-state index in [1.165, 1.54) is 23.5 Å². The van der Waals surface area contributed by atoms with Gasteiger partial charge in [0.2, 0.25) is 0 Å². The first-order valence-electron chi connectivity index (χ1n) is 4.88. The van der Waals surface area contributed by atoms with E-state index in [4.69, 9.17) is 5.26 Å². The quantitative estimate of drug-likeness (QED) is 0.628. The third-order valence-electron chi connectivity index (χ3n) is 2.24. The van der Waals surface area contributed by atoms with Gasteiger partial charge in [-0.25, -0.2) is 0 Å². The van der Waals surface area contributed by atoms with Crippen molar-refractivity contribution in [1.29, 1.82) is 5.26 Å². The molecular formula is C13H9NO2S. The van der Waals surface area contributed by atoms with Crippen LogP contribution in [0.4, 0.5) is 0 Å². The van der Waals surface area contributed by atoms with Gasteiger partial charge in [-0.1, -0.05) is 6.07 Å². The highest BCUT2D eigenvalue weighted by atomic mass is 32.1. The molecule has 2 rings (SSSR count). The number of thiophene rings is 1. The maximum Gasteiger partial charge on any atom is 0.158 e. The van der Waals surface area contributed by atoms with E-state index in [0.29, 0.717) is 11.1 Å². The second kappa shape index (κ2) is 4.73. The Hall–Kier alpha value is -2.25. The maximum absolute atomic E-state index is 9.39.